The van der Waals surface area contributed by atoms with Crippen molar-refractivity contribution in [2.24, 2.45) is 5.92 Å². The number of carbonyl (C=O) groups excluding carboxylic acids is 2. The molecule has 16 heavy (non-hydrogen) atoms. The average Bonchev–Trinajstić information content (AvgIpc) is 2.64. The number of rotatable bonds is 4. The summed E-state index contributed by atoms with van der Waals surface area (Å²) in [5.74, 6) is 0.107. The van der Waals surface area contributed by atoms with Crippen LogP contribution in [0.2, 0.25) is 0 Å². The quantitative estimate of drug-likeness (QED) is 0.723. The van der Waals surface area contributed by atoms with Crippen LogP contribution in [0.4, 0.5) is 0 Å². The molecule has 0 aliphatic heterocycles. The molecule has 0 fully saturated rings. The van der Waals surface area contributed by atoms with E-state index in [1.165, 1.54) is 4.90 Å². The van der Waals surface area contributed by atoms with Gasteiger partial charge in [0.05, 0.1) is 0 Å². The van der Waals surface area contributed by atoms with Crippen molar-refractivity contribution in [3.8, 4) is 0 Å². The number of carbonyl (C=O) groups is 2. The van der Waals surface area contributed by atoms with Crippen molar-refractivity contribution in [2.75, 3.05) is 14.1 Å². The first-order valence-corrected chi connectivity index (χ1v) is 5.32. The molecule has 0 spiro atoms. The summed E-state index contributed by atoms with van der Waals surface area (Å²) in [4.78, 5) is 24.6. The van der Waals surface area contributed by atoms with Crippen LogP contribution in [0.25, 0.3) is 0 Å². The number of hydrogen-bond acceptors (Lipinski definition) is 2. The van der Waals surface area contributed by atoms with Gasteiger partial charge in [0, 0.05) is 38.0 Å². The first-order chi connectivity index (χ1) is 7.41. The van der Waals surface area contributed by atoms with Crippen molar-refractivity contribution < 1.29 is 9.59 Å². The van der Waals surface area contributed by atoms with Gasteiger partial charge in [0.1, 0.15) is 6.54 Å². The van der Waals surface area contributed by atoms with Gasteiger partial charge in [-0.1, -0.05) is 13.8 Å². The number of aromatic nitrogens is 1. The summed E-state index contributed by atoms with van der Waals surface area (Å²) in [7, 11) is 3.43. The number of Topliss-reactive ketones (excluding diaryl/α,β-unsaturated/α-hetero) is 1. The van der Waals surface area contributed by atoms with Crippen molar-refractivity contribution in [1.29, 1.82) is 0 Å². The summed E-state index contributed by atoms with van der Waals surface area (Å²) >= 11 is 0. The van der Waals surface area contributed by atoms with E-state index in [-0.39, 0.29) is 24.2 Å². The molecule has 1 amide bonds. The predicted molar refractivity (Wildman–Crippen MR) is 62.3 cm³/mol. The third-order valence-electron chi connectivity index (χ3n) is 2.38. The molecule has 0 N–H and O–H groups in total. The van der Waals surface area contributed by atoms with E-state index in [1.54, 1.807) is 37.1 Å². The number of amides is 1. The lowest BCUT2D eigenvalue weighted by atomic mass is 10.0. The summed E-state index contributed by atoms with van der Waals surface area (Å²) in [6.07, 6.45) is 3.49. The van der Waals surface area contributed by atoms with Gasteiger partial charge >= 0.3 is 0 Å². The number of likely N-dealkylation sites (N-methyl/N-ethyl adjacent to an activating group) is 1. The fourth-order valence-corrected chi connectivity index (χ4v) is 1.32. The van der Waals surface area contributed by atoms with Gasteiger partial charge in [0.2, 0.25) is 5.91 Å². The highest BCUT2D eigenvalue weighted by atomic mass is 16.2. The first-order valence-electron chi connectivity index (χ1n) is 5.32. The van der Waals surface area contributed by atoms with Crippen LogP contribution in [0.15, 0.2) is 18.5 Å². The zero-order valence-electron chi connectivity index (χ0n) is 10.2. The van der Waals surface area contributed by atoms with Crippen LogP contribution >= 0.6 is 0 Å². The van der Waals surface area contributed by atoms with Crippen LogP contribution in [0.5, 0.6) is 0 Å². The number of hydrogen-bond donors (Lipinski definition) is 0. The fourth-order valence-electron chi connectivity index (χ4n) is 1.32. The topological polar surface area (TPSA) is 42.3 Å². The fraction of sp³-hybridized carbons (Fsp3) is 0.500. The zero-order chi connectivity index (χ0) is 12.3. The maximum atomic E-state index is 11.7. The Hall–Kier alpha value is -1.58. The van der Waals surface area contributed by atoms with Crippen LogP contribution in [-0.2, 0) is 11.3 Å². The Morgan fingerprint density at radius 2 is 2.00 bits per heavy atom. The van der Waals surface area contributed by atoms with Crippen LogP contribution in [-0.4, -0.2) is 35.3 Å². The standard InChI is InChI=1S/C12H18N2O2/c1-9(2)12(16)10-5-6-14(7-10)8-11(15)13(3)4/h5-7,9H,8H2,1-4H3. The van der Waals surface area contributed by atoms with Crippen LogP contribution in [0, 0.1) is 5.92 Å². The predicted octanol–water partition coefficient (Wildman–Crippen LogP) is 1.42. The molecule has 0 atom stereocenters. The average molecular weight is 222 g/mol. The van der Waals surface area contributed by atoms with Crippen molar-refractivity contribution in [2.45, 2.75) is 20.4 Å². The highest BCUT2D eigenvalue weighted by Crippen LogP contribution is 2.09. The zero-order valence-corrected chi connectivity index (χ0v) is 10.2. The summed E-state index contributed by atoms with van der Waals surface area (Å²) in [6.45, 7) is 4.01. The molecule has 1 heterocycles. The lowest BCUT2D eigenvalue weighted by molar-refractivity contribution is -0.129. The second-order valence-corrected chi connectivity index (χ2v) is 4.38. The van der Waals surface area contributed by atoms with E-state index in [4.69, 9.17) is 0 Å². The molecule has 0 aromatic carbocycles. The third kappa shape index (κ3) is 2.95. The van der Waals surface area contributed by atoms with E-state index < -0.39 is 0 Å². The maximum Gasteiger partial charge on any atom is 0.241 e. The molecule has 0 aliphatic rings. The number of nitrogens with zero attached hydrogens (tertiary/aromatic N) is 2. The maximum absolute atomic E-state index is 11.7. The van der Waals surface area contributed by atoms with Gasteiger partial charge in [-0.25, -0.2) is 0 Å². The number of ketones is 1. The van der Waals surface area contributed by atoms with E-state index in [2.05, 4.69) is 0 Å². The second kappa shape index (κ2) is 4.96. The Balaban J connectivity index is 2.72. The largest absolute Gasteiger partial charge is 0.347 e. The van der Waals surface area contributed by atoms with E-state index in [0.717, 1.165) is 0 Å². The van der Waals surface area contributed by atoms with Gasteiger partial charge in [0.15, 0.2) is 5.78 Å². The van der Waals surface area contributed by atoms with E-state index in [0.29, 0.717) is 5.56 Å². The minimum absolute atomic E-state index is 0.0131. The van der Waals surface area contributed by atoms with E-state index in [1.807, 2.05) is 13.8 Å². The van der Waals surface area contributed by atoms with Gasteiger partial charge in [-0.15, -0.1) is 0 Å². The lowest BCUT2D eigenvalue weighted by Gasteiger charge is -2.10. The monoisotopic (exact) mass is 222 g/mol. The molecule has 1 aromatic heterocycles. The van der Waals surface area contributed by atoms with Gasteiger partial charge in [-0.2, -0.15) is 0 Å². The summed E-state index contributed by atoms with van der Waals surface area (Å²) in [6, 6.07) is 1.76. The van der Waals surface area contributed by atoms with Gasteiger partial charge in [-0.05, 0) is 6.07 Å². The Morgan fingerprint density at radius 3 is 2.50 bits per heavy atom. The molecule has 0 aliphatic carbocycles. The molecule has 4 heteroatoms. The minimum atomic E-state index is -0.0135. The lowest BCUT2D eigenvalue weighted by Crippen LogP contribution is -2.25. The molecule has 88 valence electrons. The Labute approximate surface area is 95.9 Å². The van der Waals surface area contributed by atoms with Gasteiger partial charge in [0.25, 0.3) is 0 Å². The van der Waals surface area contributed by atoms with E-state index >= 15 is 0 Å². The van der Waals surface area contributed by atoms with Crippen molar-refractivity contribution in [1.82, 2.24) is 9.47 Å². The normalized spacial score (nSPS) is 10.6. The Kier molecular flexibility index (Phi) is 3.88. The molecule has 1 aromatic rings. The van der Waals surface area contributed by atoms with Crippen LogP contribution < -0.4 is 0 Å². The van der Waals surface area contributed by atoms with Crippen LogP contribution in [0.3, 0.4) is 0 Å². The Bertz CT molecular complexity index is 391. The molecule has 0 saturated heterocycles. The molecule has 0 bridgehead atoms. The SMILES string of the molecule is CC(C)C(=O)c1ccn(CC(=O)N(C)C)c1. The summed E-state index contributed by atoms with van der Waals surface area (Å²) in [5, 5.41) is 0. The minimum Gasteiger partial charge on any atom is -0.347 e. The van der Waals surface area contributed by atoms with Gasteiger partial charge in [-0.3, -0.25) is 9.59 Å². The second-order valence-electron chi connectivity index (χ2n) is 4.38. The summed E-state index contributed by atoms with van der Waals surface area (Å²) < 4.78 is 1.73. The summed E-state index contributed by atoms with van der Waals surface area (Å²) in [5.41, 5.74) is 0.668. The van der Waals surface area contributed by atoms with Crippen molar-refractivity contribution in [3.05, 3.63) is 24.0 Å². The highest BCUT2D eigenvalue weighted by molar-refractivity contribution is 5.97. The molecular weight excluding hydrogens is 204 g/mol. The Morgan fingerprint density at radius 1 is 1.38 bits per heavy atom. The molecule has 4 nitrogen and oxygen atoms in total. The van der Waals surface area contributed by atoms with E-state index in [9.17, 15) is 9.59 Å². The van der Waals surface area contributed by atoms with Crippen molar-refractivity contribution in [3.63, 3.8) is 0 Å². The molecular formula is C12H18N2O2. The molecule has 0 unspecified atom stereocenters. The first kappa shape index (κ1) is 12.5. The smallest absolute Gasteiger partial charge is 0.241 e. The van der Waals surface area contributed by atoms with Gasteiger partial charge < -0.3 is 9.47 Å². The third-order valence-corrected chi connectivity index (χ3v) is 2.38. The molecule has 0 saturated carbocycles. The van der Waals surface area contributed by atoms with Crippen molar-refractivity contribution >= 4 is 11.7 Å². The molecule has 1 rings (SSSR count). The molecule has 0 radical (unpaired) electrons. The van der Waals surface area contributed by atoms with Crippen LogP contribution in [0.1, 0.15) is 24.2 Å². The highest BCUT2D eigenvalue weighted by Gasteiger charge is 2.12.